The molecule has 0 saturated carbocycles. The molecule has 2 aromatic rings. The number of hydrogen-bond donors (Lipinski definition) is 2. The number of anilines is 1. The summed E-state index contributed by atoms with van der Waals surface area (Å²) in [7, 11) is 0. The molecule has 19 heavy (non-hydrogen) atoms. The van der Waals surface area contributed by atoms with E-state index in [1.807, 2.05) is 32.0 Å². The van der Waals surface area contributed by atoms with Crippen molar-refractivity contribution in [2.45, 2.75) is 27.0 Å². The molecule has 2 rings (SSSR count). The fraction of sp³-hybridized carbons (Fsp3) is 0.308. The van der Waals surface area contributed by atoms with Crippen molar-refractivity contribution >= 4 is 11.6 Å². The highest BCUT2D eigenvalue weighted by molar-refractivity contribution is 5.91. The van der Waals surface area contributed by atoms with E-state index in [0.717, 1.165) is 16.8 Å². The van der Waals surface area contributed by atoms with Crippen LogP contribution in [0.4, 0.5) is 5.69 Å². The van der Waals surface area contributed by atoms with Crippen LogP contribution in [0.1, 0.15) is 16.8 Å². The van der Waals surface area contributed by atoms with Crippen LogP contribution in [0.5, 0.6) is 0 Å². The number of amides is 1. The Bertz CT molecular complexity index is 592. The van der Waals surface area contributed by atoms with Gasteiger partial charge in [0.25, 0.3) is 0 Å². The van der Waals surface area contributed by atoms with Crippen molar-refractivity contribution < 1.29 is 9.90 Å². The van der Waals surface area contributed by atoms with Crippen molar-refractivity contribution in [3.05, 3.63) is 41.2 Å². The number of aliphatic hydroxyl groups is 1. The molecule has 1 aromatic carbocycles. The average molecular weight is 260 g/mol. The van der Waals surface area contributed by atoms with Crippen LogP contribution in [0, 0.1) is 13.8 Å². The van der Waals surface area contributed by atoms with Gasteiger partial charge in [0.05, 0.1) is 12.8 Å². The van der Waals surface area contributed by atoms with Crippen LogP contribution in [0.15, 0.2) is 24.4 Å². The molecule has 2 N–H and O–H groups in total. The number of aryl methyl sites for hydroxylation is 1. The number of aromatic nitrogens is 3. The molecule has 1 aromatic heterocycles. The van der Waals surface area contributed by atoms with Gasteiger partial charge < -0.3 is 10.4 Å². The van der Waals surface area contributed by atoms with Gasteiger partial charge in [0.2, 0.25) is 5.91 Å². The molecule has 1 heterocycles. The third-order valence-electron chi connectivity index (χ3n) is 2.93. The molecular weight excluding hydrogens is 244 g/mol. The number of carbonyl (C=O) groups is 1. The lowest BCUT2D eigenvalue weighted by Gasteiger charge is -2.10. The van der Waals surface area contributed by atoms with E-state index in [-0.39, 0.29) is 19.1 Å². The van der Waals surface area contributed by atoms with Gasteiger partial charge in [-0.25, -0.2) is 4.68 Å². The van der Waals surface area contributed by atoms with Gasteiger partial charge in [0, 0.05) is 5.69 Å². The van der Waals surface area contributed by atoms with Crippen molar-refractivity contribution in [3.63, 3.8) is 0 Å². The Morgan fingerprint density at radius 1 is 1.42 bits per heavy atom. The van der Waals surface area contributed by atoms with Crippen molar-refractivity contribution in [2.75, 3.05) is 5.32 Å². The molecule has 6 nitrogen and oxygen atoms in total. The molecule has 0 spiro atoms. The van der Waals surface area contributed by atoms with E-state index in [0.29, 0.717) is 5.69 Å². The van der Waals surface area contributed by atoms with Gasteiger partial charge in [0.1, 0.15) is 12.2 Å². The second-order valence-electron chi connectivity index (χ2n) is 4.36. The van der Waals surface area contributed by atoms with E-state index < -0.39 is 0 Å². The fourth-order valence-corrected chi connectivity index (χ4v) is 1.71. The molecule has 0 bridgehead atoms. The molecule has 6 heteroatoms. The van der Waals surface area contributed by atoms with Crippen LogP contribution >= 0.6 is 0 Å². The predicted octanol–water partition coefficient (Wildman–Crippen LogP) is 1.03. The molecule has 0 unspecified atom stereocenters. The molecule has 0 fully saturated rings. The Morgan fingerprint density at radius 2 is 2.21 bits per heavy atom. The largest absolute Gasteiger partial charge is 0.390 e. The van der Waals surface area contributed by atoms with Crippen LogP contribution < -0.4 is 5.32 Å². The smallest absolute Gasteiger partial charge is 0.246 e. The second-order valence-corrected chi connectivity index (χ2v) is 4.36. The summed E-state index contributed by atoms with van der Waals surface area (Å²) < 4.78 is 1.39. The minimum atomic E-state index is -0.182. The minimum Gasteiger partial charge on any atom is -0.390 e. The Hall–Kier alpha value is -2.21. The minimum absolute atomic E-state index is 0.0698. The molecule has 0 saturated heterocycles. The van der Waals surface area contributed by atoms with Gasteiger partial charge in [-0.3, -0.25) is 4.79 Å². The van der Waals surface area contributed by atoms with E-state index in [1.165, 1.54) is 4.68 Å². The van der Waals surface area contributed by atoms with E-state index in [2.05, 4.69) is 15.6 Å². The van der Waals surface area contributed by atoms with E-state index >= 15 is 0 Å². The molecule has 0 aliphatic heterocycles. The van der Waals surface area contributed by atoms with Gasteiger partial charge in [-0.05, 0) is 31.0 Å². The van der Waals surface area contributed by atoms with E-state index in [1.54, 1.807) is 6.20 Å². The van der Waals surface area contributed by atoms with Gasteiger partial charge in [0.15, 0.2) is 0 Å². The van der Waals surface area contributed by atoms with Crippen LogP contribution in [0.3, 0.4) is 0 Å². The first-order chi connectivity index (χ1) is 9.10. The first-order valence-corrected chi connectivity index (χ1v) is 5.96. The van der Waals surface area contributed by atoms with Crippen molar-refractivity contribution in [3.8, 4) is 0 Å². The summed E-state index contributed by atoms with van der Waals surface area (Å²) in [6, 6.07) is 5.76. The standard InChI is InChI=1S/C13H16N4O2/c1-9-4-3-5-12(10(9)2)14-13(19)7-17-6-11(8-18)15-16-17/h3-6,18H,7-8H2,1-2H3,(H,14,19). The highest BCUT2D eigenvalue weighted by atomic mass is 16.3. The zero-order valence-corrected chi connectivity index (χ0v) is 10.9. The molecule has 0 aliphatic rings. The van der Waals surface area contributed by atoms with Gasteiger partial charge >= 0.3 is 0 Å². The molecule has 0 radical (unpaired) electrons. The Balaban J connectivity index is 2.03. The lowest BCUT2D eigenvalue weighted by Crippen LogP contribution is -2.19. The van der Waals surface area contributed by atoms with Crippen molar-refractivity contribution in [1.29, 1.82) is 0 Å². The monoisotopic (exact) mass is 260 g/mol. The summed E-state index contributed by atoms with van der Waals surface area (Å²) >= 11 is 0. The Morgan fingerprint density at radius 3 is 2.89 bits per heavy atom. The highest BCUT2D eigenvalue weighted by Gasteiger charge is 2.08. The SMILES string of the molecule is Cc1cccc(NC(=O)Cn2cc(CO)nn2)c1C. The zero-order chi connectivity index (χ0) is 13.8. The number of nitrogens with zero attached hydrogens (tertiary/aromatic N) is 3. The summed E-state index contributed by atoms with van der Waals surface area (Å²) in [5, 5.41) is 19.2. The number of aliphatic hydroxyl groups excluding tert-OH is 1. The third kappa shape index (κ3) is 3.17. The molecule has 100 valence electrons. The van der Waals surface area contributed by atoms with Crippen LogP contribution in [-0.4, -0.2) is 26.0 Å². The fourth-order valence-electron chi connectivity index (χ4n) is 1.71. The highest BCUT2D eigenvalue weighted by Crippen LogP contribution is 2.17. The maximum atomic E-state index is 11.9. The lowest BCUT2D eigenvalue weighted by molar-refractivity contribution is -0.116. The van der Waals surface area contributed by atoms with Crippen molar-refractivity contribution in [1.82, 2.24) is 15.0 Å². The molecule has 0 aliphatic carbocycles. The Kier molecular flexibility index (Phi) is 3.91. The topological polar surface area (TPSA) is 80.0 Å². The second kappa shape index (κ2) is 5.62. The average Bonchev–Trinajstić information content (AvgIpc) is 2.82. The van der Waals surface area contributed by atoms with Crippen LogP contribution in [-0.2, 0) is 17.9 Å². The predicted molar refractivity (Wildman–Crippen MR) is 70.5 cm³/mol. The van der Waals surface area contributed by atoms with Gasteiger partial charge in [-0.2, -0.15) is 0 Å². The zero-order valence-electron chi connectivity index (χ0n) is 10.9. The number of benzene rings is 1. The first kappa shape index (κ1) is 13.2. The quantitative estimate of drug-likeness (QED) is 0.860. The molecule has 1 amide bonds. The summed E-state index contributed by atoms with van der Waals surface area (Å²) in [5.41, 5.74) is 3.42. The number of nitrogens with one attached hydrogen (secondary N) is 1. The van der Waals surface area contributed by atoms with Crippen LogP contribution in [0.2, 0.25) is 0 Å². The van der Waals surface area contributed by atoms with Crippen molar-refractivity contribution in [2.24, 2.45) is 0 Å². The number of rotatable bonds is 4. The lowest BCUT2D eigenvalue weighted by atomic mass is 10.1. The maximum absolute atomic E-state index is 11.9. The molecular formula is C13H16N4O2. The number of carbonyl (C=O) groups excluding carboxylic acids is 1. The summed E-state index contributed by atoms with van der Waals surface area (Å²) in [4.78, 5) is 11.9. The third-order valence-corrected chi connectivity index (χ3v) is 2.93. The Labute approximate surface area is 111 Å². The van der Waals surface area contributed by atoms with E-state index in [4.69, 9.17) is 5.11 Å². The van der Waals surface area contributed by atoms with E-state index in [9.17, 15) is 4.79 Å². The summed E-state index contributed by atoms with van der Waals surface area (Å²) in [6.45, 7) is 3.85. The summed E-state index contributed by atoms with van der Waals surface area (Å²) in [6.07, 6.45) is 1.54. The first-order valence-electron chi connectivity index (χ1n) is 5.96. The normalized spacial score (nSPS) is 10.5. The molecule has 0 atom stereocenters. The summed E-state index contributed by atoms with van der Waals surface area (Å²) in [5.74, 6) is -0.178. The van der Waals surface area contributed by atoms with Gasteiger partial charge in [-0.1, -0.05) is 17.3 Å². The van der Waals surface area contributed by atoms with Crippen LogP contribution in [0.25, 0.3) is 0 Å². The van der Waals surface area contributed by atoms with Gasteiger partial charge in [-0.15, -0.1) is 5.10 Å². The maximum Gasteiger partial charge on any atom is 0.246 e. The number of hydrogen-bond acceptors (Lipinski definition) is 4.